The van der Waals surface area contributed by atoms with Gasteiger partial charge in [-0.1, -0.05) is 19.3 Å². The van der Waals surface area contributed by atoms with Crippen molar-refractivity contribution in [3.05, 3.63) is 23.8 Å². The molecule has 1 aromatic rings. The number of methoxy groups -OCH3 is 1. The molecule has 1 aromatic heterocycles. The molecule has 1 saturated carbocycles. The lowest BCUT2D eigenvalue weighted by atomic mass is 9.78. The molecule has 0 aromatic carbocycles. The van der Waals surface area contributed by atoms with Gasteiger partial charge in [-0.05, 0) is 38.6 Å². The van der Waals surface area contributed by atoms with Crippen LogP contribution in [0.4, 0.5) is 0 Å². The Hall–Kier alpha value is -1.04. The van der Waals surface area contributed by atoms with E-state index in [-0.39, 0.29) is 12.0 Å². The topological polar surface area (TPSA) is 58.5 Å². The van der Waals surface area contributed by atoms with Gasteiger partial charge in [0.1, 0.15) is 5.82 Å². The Morgan fingerprint density at radius 2 is 1.96 bits per heavy atom. The summed E-state index contributed by atoms with van der Waals surface area (Å²) in [5.41, 5.74) is 1.16. The zero-order valence-corrected chi connectivity index (χ0v) is 15.6. The van der Waals surface area contributed by atoms with Crippen LogP contribution in [0.1, 0.15) is 68.7 Å². The van der Waals surface area contributed by atoms with Crippen LogP contribution >= 0.6 is 0 Å². The van der Waals surface area contributed by atoms with Crippen LogP contribution in [0.15, 0.2) is 12.4 Å². The lowest BCUT2D eigenvalue weighted by Crippen LogP contribution is -2.45. The highest BCUT2D eigenvalue weighted by Gasteiger charge is 2.34. The minimum Gasteiger partial charge on any atom is -0.396 e. The molecular formula is C20H33N3O2. The van der Waals surface area contributed by atoms with E-state index in [1.165, 1.54) is 37.7 Å². The molecular weight excluding hydrogens is 314 g/mol. The number of hydrogen-bond donors (Lipinski definition) is 1. The van der Waals surface area contributed by atoms with E-state index in [9.17, 15) is 5.11 Å². The van der Waals surface area contributed by atoms with Crippen LogP contribution in [0.25, 0.3) is 0 Å². The first-order valence-electron chi connectivity index (χ1n) is 9.88. The minimum atomic E-state index is -0.0167. The van der Waals surface area contributed by atoms with Crippen molar-refractivity contribution in [2.24, 2.45) is 5.41 Å². The first-order chi connectivity index (χ1) is 12.2. The highest BCUT2D eigenvalue weighted by molar-refractivity contribution is 5.08. The molecule has 3 rings (SSSR count). The summed E-state index contributed by atoms with van der Waals surface area (Å²) in [5.74, 6) is 1.60. The second-order valence-corrected chi connectivity index (χ2v) is 8.00. The van der Waals surface area contributed by atoms with Crippen molar-refractivity contribution in [3.63, 3.8) is 0 Å². The van der Waals surface area contributed by atoms with Gasteiger partial charge in [0.2, 0.25) is 0 Å². The molecule has 0 spiro atoms. The van der Waals surface area contributed by atoms with E-state index < -0.39 is 0 Å². The Balaban J connectivity index is 1.57. The van der Waals surface area contributed by atoms with Crippen molar-refractivity contribution < 1.29 is 9.84 Å². The summed E-state index contributed by atoms with van der Waals surface area (Å²) in [4.78, 5) is 11.8. The quantitative estimate of drug-likeness (QED) is 0.821. The molecule has 2 aliphatic rings. The fourth-order valence-corrected chi connectivity index (χ4v) is 4.45. The third-order valence-corrected chi connectivity index (χ3v) is 6.01. The van der Waals surface area contributed by atoms with Gasteiger partial charge >= 0.3 is 0 Å². The zero-order valence-electron chi connectivity index (χ0n) is 15.6. The van der Waals surface area contributed by atoms with Crippen molar-refractivity contribution >= 4 is 0 Å². The number of ether oxygens (including phenoxy) is 1. The van der Waals surface area contributed by atoms with Gasteiger partial charge < -0.3 is 9.84 Å². The molecule has 5 heteroatoms. The normalized spacial score (nSPS) is 26.0. The summed E-state index contributed by atoms with van der Waals surface area (Å²) in [5, 5.41) is 9.93. The average molecular weight is 348 g/mol. The maximum Gasteiger partial charge on any atom is 0.131 e. The second-order valence-electron chi connectivity index (χ2n) is 8.00. The molecule has 1 N–H and O–H groups in total. The largest absolute Gasteiger partial charge is 0.396 e. The van der Waals surface area contributed by atoms with Crippen LogP contribution < -0.4 is 0 Å². The van der Waals surface area contributed by atoms with Crippen LogP contribution in [0, 0.1) is 5.41 Å². The number of likely N-dealkylation sites (tertiary alicyclic amines) is 1. The van der Waals surface area contributed by atoms with Gasteiger partial charge in [0.25, 0.3) is 0 Å². The Bertz CT molecular complexity index is 516. The molecule has 1 saturated heterocycles. The number of piperidine rings is 1. The van der Waals surface area contributed by atoms with Gasteiger partial charge in [-0.3, -0.25) is 4.90 Å². The fourth-order valence-electron chi connectivity index (χ4n) is 4.45. The van der Waals surface area contributed by atoms with Crippen molar-refractivity contribution in [1.29, 1.82) is 0 Å². The summed E-state index contributed by atoms with van der Waals surface area (Å²) in [7, 11) is 1.73. The van der Waals surface area contributed by atoms with E-state index in [4.69, 9.17) is 4.74 Å². The Kier molecular flexibility index (Phi) is 6.79. The second kappa shape index (κ2) is 9.06. The van der Waals surface area contributed by atoms with E-state index >= 15 is 0 Å². The minimum absolute atomic E-state index is 0.0167. The summed E-state index contributed by atoms with van der Waals surface area (Å²) >= 11 is 0. The van der Waals surface area contributed by atoms with Gasteiger partial charge in [-0.15, -0.1) is 0 Å². The third-order valence-electron chi connectivity index (χ3n) is 6.01. The Labute approximate surface area is 151 Å². The molecule has 1 aliphatic carbocycles. The average Bonchev–Trinajstić information content (AvgIpc) is 2.68. The molecule has 2 heterocycles. The highest BCUT2D eigenvalue weighted by atomic mass is 16.5. The first kappa shape index (κ1) is 18.7. The van der Waals surface area contributed by atoms with Gasteiger partial charge in [-0.25, -0.2) is 9.97 Å². The highest BCUT2D eigenvalue weighted by Crippen LogP contribution is 2.34. The lowest BCUT2D eigenvalue weighted by molar-refractivity contribution is 0.00469. The monoisotopic (exact) mass is 347 g/mol. The van der Waals surface area contributed by atoms with Crippen LogP contribution in [0.3, 0.4) is 0 Å². The zero-order chi connectivity index (χ0) is 17.5. The molecule has 0 amide bonds. The third kappa shape index (κ3) is 4.99. The van der Waals surface area contributed by atoms with Crippen LogP contribution in [-0.4, -0.2) is 53.4 Å². The lowest BCUT2D eigenvalue weighted by Gasteiger charge is -2.41. The summed E-state index contributed by atoms with van der Waals surface area (Å²) in [6, 6.07) is 0. The van der Waals surface area contributed by atoms with E-state index in [0.717, 1.165) is 44.7 Å². The standard InChI is InChI=1S/C20H33N3O2/c1-25-11-9-20(16-24)8-5-10-23(15-20)14-17-12-21-19(22-13-17)18-6-3-2-4-7-18/h12-13,18,24H,2-11,14-16H2,1H3/t20-/m1/s1. The van der Waals surface area contributed by atoms with Gasteiger partial charge in [0, 0.05) is 56.1 Å². The van der Waals surface area contributed by atoms with Crippen molar-refractivity contribution in [2.45, 2.75) is 63.8 Å². The Morgan fingerprint density at radius 3 is 2.64 bits per heavy atom. The number of aliphatic hydroxyl groups is 1. The van der Waals surface area contributed by atoms with E-state index in [1.54, 1.807) is 7.11 Å². The molecule has 140 valence electrons. The van der Waals surface area contributed by atoms with Crippen molar-refractivity contribution in [2.75, 3.05) is 33.4 Å². The first-order valence-corrected chi connectivity index (χ1v) is 9.88. The molecule has 1 atom stereocenters. The SMILES string of the molecule is COCC[C@]1(CO)CCCN(Cc2cnc(C3CCCCC3)nc2)C1. The van der Waals surface area contributed by atoms with Crippen LogP contribution in [0.5, 0.6) is 0 Å². The maximum absolute atomic E-state index is 9.93. The van der Waals surface area contributed by atoms with Crippen LogP contribution in [-0.2, 0) is 11.3 Å². The fraction of sp³-hybridized carbons (Fsp3) is 0.800. The molecule has 0 bridgehead atoms. The number of hydrogen-bond acceptors (Lipinski definition) is 5. The predicted molar refractivity (Wildman–Crippen MR) is 98.4 cm³/mol. The smallest absolute Gasteiger partial charge is 0.131 e. The van der Waals surface area contributed by atoms with E-state index in [0.29, 0.717) is 12.5 Å². The number of aliphatic hydroxyl groups excluding tert-OH is 1. The van der Waals surface area contributed by atoms with Gasteiger partial charge in [0.05, 0.1) is 6.61 Å². The van der Waals surface area contributed by atoms with E-state index in [2.05, 4.69) is 14.9 Å². The summed E-state index contributed by atoms with van der Waals surface area (Å²) in [6.07, 6.45) is 13.6. The molecule has 2 fully saturated rings. The van der Waals surface area contributed by atoms with E-state index in [1.807, 2.05) is 12.4 Å². The molecule has 0 unspecified atom stereocenters. The molecule has 25 heavy (non-hydrogen) atoms. The number of rotatable bonds is 7. The number of nitrogens with zero attached hydrogens (tertiary/aromatic N) is 3. The maximum atomic E-state index is 9.93. The Morgan fingerprint density at radius 1 is 1.20 bits per heavy atom. The molecule has 0 radical (unpaired) electrons. The van der Waals surface area contributed by atoms with Crippen molar-refractivity contribution in [1.82, 2.24) is 14.9 Å². The molecule has 1 aliphatic heterocycles. The molecule has 5 nitrogen and oxygen atoms in total. The van der Waals surface area contributed by atoms with Gasteiger partial charge in [-0.2, -0.15) is 0 Å². The summed E-state index contributed by atoms with van der Waals surface area (Å²) < 4.78 is 5.25. The van der Waals surface area contributed by atoms with Gasteiger partial charge in [0.15, 0.2) is 0 Å². The number of aromatic nitrogens is 2. The summed E-state index contributed by atoms with van der Waals surface area (Å²) in [6.45, 7) is 3.84. The van der Waals surface area contributed by atoms with Crippen LogP contribution in [0.2, 0.25) is 0 Å². The van der Waals surface area contributed by atoms with Crippen molar-refractivity contribution in [3.8, 4) is 0 Å². The predicted octanol–water partition coefficient (Wildman–Crippen LogP) is 3.14.